The first-order chi connectivity index (χ1) is 14.1. The number of rotatable bonds is 8. The summed E-state index contributed by atoms with van der Waals surface area (Å²) in [6.45, 7) is -4.12. The maximum Gasteiger partial charge on any atom is 0.345 e. The third kappa shape index (κ3) is 5.01. The number of aromatic amines is 1. The third-order valence-electron chi connectivity index (χ3n) is 4.40. The molecule has 166 valence electrons. The molecular weight excluding hydrogens is 442 g/mol. The highest BCUT2D eigenvalue weighted by Gasteiger charge is 2.30. The van der Waals surface area contributed by atoms with E-state index >= 15 is 0 Å². The summed E-state index contributed by atoms with van der Waals surface area (Å²) in [5.41, 5.74) is -0.0365. The van der Waals surface area contributed by atoms with Crippen LogP contribution in [0.1, 0.15) is 17.7 Å². The van der Waals surface area contributed by atoms with E-state index in [0.717, 1.165) is 6.20 Å². The van der Waals surface area contributed by atoms with Crippen LogP contribution in [0.3, 0.4) is 0 Å². The van der Waals surface area contributed by atoms with Gasteiger partial charge in [0.2, 0.25) is 0 Å². The molecular formula is C17H16F6N2O4S. The Hall–Kier alpha value is -2.41. The molecule has 1 aliphatic rings. The molecule has 0 spiro atoms. The van der Waals surface area contributed by atoms with Crippen LogP contribution >= 0.6 is 0 Å². The molecule has 0 bridgehead atoms. The van der Waals surface area contributed by atoms with Gasteiger partial charge in [0.05, 0.1) is 11.8 Å². The van der Waals surface area contributed by atoms with E-state index in [9.17, 15) is 34.8 Å². The Labute approximate surface area is 167 Å². The molecule has 0 radical (unpaired) electrons. The molecule has 0 amide bonds. The number of H-pyrrole nitrogens is 1. The van der Waals surface area contributed by atoms with E-state index in [2.05, 4.69) is 14.5 Å². The first kappa shape index (κ1) is 22.3. The molecule has 0 saturated heterocycles. The average Bonchev–Trinajstić information content (AvgIpc) is 3.06. The van der Waals surface area contributed by atoms with Crippen LogP contribution in [0.15, 0.2) is 23.2 Å². The fraction of sp³-hybridized carbons (Fsp3) is 0.412. The minimum absolute atomic E-state index is 0.0361. The number of fused-ring (bicyclic) bond motifs is 1. The maximum atomic E-state index is 14.2. The van der Waals surface area contributed by atoms with Crippen LogP contribution < -0.4 is 9.46 Å². The van der Waals surface area contributed by atoms with Gasteiger partial charge in [-0.05, 0) is 18.4 Å². The lowest BCUT2D eigenvalue weighted by Crippen LogP contribution is -2.25. The van der Waals surface area contributed by atoms with Crippen molar-refractivity contribution in [1.29, 1.82) is 0 Å². The van der Waals surface area contributed by atoms with Crippen LogP contribution in [0.4, 0.5) is 32.0 Å². The van der Waals surface area contributed by atoms with Crippen molar-refractivity contribution in [2.24, 2.45) is 0 Å². The van der Waals surface area contributed by atoms with Crippen LogP contribution in [-0.2, 0) is 27.6 Å². The van der Waals surface area contributed by atoms with Gasteiger partial charge in [0.15, 0.2) is 17.4 Å². The Morgan fingerprint density at radius 1 is 1.17 bits per heavy atom. The van der Waals surface area contributed by atoms with Gasteiger partial charge < -0.3 is 14.5 Å². The van der Waals surface area contributed by atoms with Crippen molar-refractivity contribution in [2.75, 3.05) is 11.3 Å². The van der Waals surface area contributed by atoms with E-state index in [1.165, 1.54) is 0 Å². The Balaban J connectivity index is 1.80. The van der Waals surface area contributed by atoms with Crippen LogP contribution in [0.25, 0.3) is 0 Å². The van der Waals surface area contributed by atoms with Crippen molar-refractivity contribution in [3.8, 4) is 5.75 Å². The van der Waals surface area contributed by atoms with E-state index in [1.807, 2.05) is 4.72 Å². The minimum atomic E-state index is -4.37. The fourth-order valence-electron chi connectivity index (χ4n) is 3.14. The van der Waals surface area contributed by atoms with Crippen molar-refractivity contribution >= 4 is 15.7 Å². The largest absolute Gasteiger partial charge is 0.484 e. The second-order valence-corrected chi connectivity index (χ2v) is 8.09. The lowest BCUT2D eigenvalue weighted by Gasteiger charge is -2.22. The second-order valence-electron chi connectivity index (χ2n) is 6.44. The molecule has 1 heterocycles. The molecule has 0 aliphatic heterocycles. The number of nitrogens with one attached hydrogen (secondary N) is 2. The lowest BCUT2D eigenvalue weighted by molar-refractivity contribution is -0.164. The number of hydrogen-bond acceptors (Lipinski definition) is 4. The van der Waals surface area contributed by atoms with Crippen molar-refractivity contribution in [3.05, 3.63) is 41.2 Å². The normalized spacial score (nSPS) is 16.7. The standard InChI is InChI=1S/C17H16F6N2O4S/c18-10-5-14(28-7-16(20)21)11(19)4-13(10)25-30(26,27)15-6-24-12-3-8(29-17(22)23)1-2-9(12)15/h4-6,8,16-17,24-25H,1-3,7H2. The van der Waals surface area contributed by atoms with Crippen molar-refractivity contribution in [1.82, 2.24) is 4.98 Å². The van der Waals surface area contributed by atoms with Crippen LogP contribution in [0, 0.1) is 11.6 Å². The van der Waals surface area contributed by atoms with Gasteiger partial charge in [-0.25, -0.2) is 26.0 Å². The summed E-state index contributed by atoms with van der Waals surface area (Å²) in [5, 5.41) is 0. The number of sulfonamides is 1. The third-order valence-corrected chi connectivity index (χ3v) is 5.83. The van der Waals surface area contributed by atoms with E-state index in [-0.39, 0.29) is 24.2 Å². The van der Waals surface area contributed by atoms with Gasteiger partial charge in [0.1, 0.15) is 11.5 Å². The van der Waals surface area contributed by atoms with Crippen molar-refractivity contribution in [2.45, 2.75) is 43.3 Å². The number of alkyl halides is 4. The van der Waals surface area contributed by atoms with Crippen LogP contribution in [0.5, 0.6) is 5.75 Å². The molecule has 1 aromatic heterocycles. The first-order valence-corrected chi connectivity index (χ1v) is 10.1. The van der Waals surface area contributed by atoms with Gasteiger partial charge in [-0.1, -0.05) is 0 Å². The first-order valence-electron chi connectivity index (χ1n) is 8.62. The highest BCUT2D eigenvalue weighted by atomic mass is 32.2. The maximum absolute atomic E-state index is 14.2. The number of ether oxygens (including phenoxy) is 2. The molecule has 1 aliphatic carbocycles. The summed E-state index contributed by atoms with van der Waals surface area (Å²) in [6.07, 6.45) is -2.27. The summed E-state index contributed by atoms with van der Waals surface area (Å²) >= 11 is 0. The van der Waals surface area contributed by atoms with Gasteiger partial charge in [-0.2, -0.15) is 8.78 Å². The zero-order valence-electron chi connectivity index (χ0n) is 15.1. The zero-order valence-corrected chi connectivity index (χ0v) is 15.9. The summed E-state index contributed by atoms with van der Waals surface area (Å²) in [5.74, 6) is -3.27. The molecule has 1 aromatic carbocycles. The van der Waals surface area contributed by atoms with E-state index in [0.29, 0.717) is 23.4 Å². The average molecular weight is 458 g/mol. The minimum Gasteiger partial charge on any atom is -0.484 e. The van der Waals surface area contributed by atoms with Gasteiger partial charge >= 0.3 is 6.61 Å². The number of hydrogen-bond donors (Lipinski definition) is 2. The van der Waals surface area contributed by atoms with E-state index in [4.69, 9.17) is 0 Å². The quantitative estimate of drug-likeness (QED) is 0.590. The topological polar surface area (TPSA) is 80.4 Å². The number of benzene rings is 1. The monoisotopic (exact) mass is 458 g/mol. The molecule has 30 heavy (non-hydrogen) atoms. The highest BCUT2D eigenvalue weighted by Crippen LogP contribution is 2.32. The summed E-state index contributed by atoms with van der Waals surface area (Å²) in [4.78, 5) is 2.44. The highest BCUT2D eigenvalue weighted by molar-refractivity contribution is 7.92. The van der Waals surface area contributed by atoms with Crippen LogP contribution in [0.2, 0.25) is 0 Å². The van der Waals surface area contributed by atoms with Crippen LogP contribution in [-0.4, -0.2) is 39.1 Å². The predicted molar refractivity (Wildman–Crippen MR) is 92.4 cm³/mol. The van der Waals surface area contributed by atoms with Gasteiger partial charge in [0, 0.05) is 30.4 Å². The number of halogens is 6. The molecule has 1 unspecified atom stereocenters. The van der Waals surface area contributed by atoms with Gasteiger partial charge in [0.25, 0.3) is 16.4 Å². The summed E-state index contributed by atoms with van der Waals surface area (Å²) in [7, 11) is -4.37. The molecule has 2 N–H and O–H groups in total. The Morgan fingerprint density at radius 2 is 1.90 bits per heavy atom. The molecule has 2 aromatic rings. The van der Waals surface area contributed by atoms with Crippen molar-refractivity contribution in [3.63, 3.8) is 0 Å². The zero-order chi connectivity index (χ0) is 22.1. The second kappa shape index (κ2) is 8.76. The fourth-order valence-corrected chi connectivity index (χ4v) is 4.46. The molecule has 1 atom stereocenters. The molecule has 0 fully saturated rings. The van der Waals surface area contributed by atoms with Crippen molar-refractivity contribution < 1.29 is 44.2 Å². The van der Waals surface area contributed by atoms with Gasteiger partial charge in [-0.3, -0.25) is 4.72 Å². The Kier molecular flexibility index (Phi) is 6.50. The Bertz CT molecular complexity index is 1010. The van der Waals surface area contributed by atoms with Gasteiger partial charge in [-0.15, -0.1) is 0 Å². The Morgan fingerprint density at radius 3 is 2.57 bits per heavy atom. The van der Waals surface area contributed by atoms with E-state index < -0.39 is 58.8 Å². The van der Waals surface area contributed by atoms with E-state index in [1.54, 1.807) is 0 Å². The molecule has 3 rings (SSSR count). The SMILES string of the molecule is O=S(=O)(Nc1cc(F)c(OCC(F)F)cc1F)c1c[nH]c2c1CCC(OC(F)F)C2. The number of aromatic nitrogens is 1. The molecule has 6 nitrogen and oxygen atoms in total. The number of anilines is 1. The smallest absolute Gasteiger partial charge is 0.345 e. The lowest BCUT2D eigenvalue weighted by atomic mass is 9.95. The molecule has 13 heteroatoms. The summed E-state index contributed by atoms with van der Waals surface area (Å²) in [6, 6.07) is 0.924. The predicted octanol–water partition coefficient (Wildman–Crippen LogP) is 3.83. The molecule has 0 saturated carbocycles. The summed E-state index contributed by atoms with van der Waals surface area (Å²) < 4.78 is 113.